The summed E-state index contributed by atoms with van der Waals surface area (Å²) in [4.78, 5) is 23.4. The van der Waals surface area contributed by atoms with Crippen molar-refractivity contribution in [2.24, 2.45) is 0 Å². The fourth-order valence-electron chi connectivity index (χ4n) is 2.32. The molecule has 0 unspecified atom stereocenters. The van der Waals surface area contributed by atoms with Crippen molar-refractivity contribution in [3.05, 3.63) is 71.5 Å². The highest BCUT2D eigenvalue weighted by atomic mass is 16.5. The van der Waals surface area contributed by atoms with Crippen LogP contribution in [0.25, 0.3) is 11.3 Å². The molecule has 120 valence electrons. The average molecular weight is 322 g/mol. The average Bonchev–Trinajstić information content (AvgIpc) is 2.98. The van der Waals surface area contributed by atoms with E-state index < -0.39 is 5.97 Å². The number of hydrogen-bond acceptors (Lipinski definition) is 4. The molecular weight excluding hydrogens is 308 g/mol. The molecule has 0 saturated carbocycles. The van der Waals surface area contributed by atoms with E-state index in [1.165, 1.54) is 24.3 Å². The molecule has 3 aromatic rings. The van der Waals surface area contributed by atoms with Crippen LogP contribution in [0.3, 0.4) is 0 Å². The lowest BCUT2D eigenvalue weighted by Gasteiger charge is -2.06. The van der Waals surface area contributed by atoms with Gasteiger partial charge in [-0.05, 0) is 31.2 Å². The van der Waals surface area contributed by atoms with Crippen LogP contribution >= 0.6 is 0 Å². The molecule has 1 heterocycles. The Morgan fingerprint density at radius 3 is 2.33 bits per heavy atom. The summed E-state index contributed by atoms with van der Waals surface area (Å²) in [6, 6.07) is 15.2. The summed E-state index contributed by atoms with van der Waals surface area (Å²) < 4.78 is 5.17. The molecule has 2 N–H and O–H groups in total. The van der Waals surface area contributed by atoms with Gasteiger partial charge in [0.15, 0.2) is 0 Å². The third kappa shape index (κ3) is 3.03. The van der Waals surface area contributed by atoms with Gasteiger partial charge in [0.25, 0.3) is 5.91 Å². The van der Waals surface area contributed by atoms with Crippen LogP contribution in [0.5, 0.6) is 0 Å². The lowest BCUT2D eigenvalue weighted by Crippen LogP contribution is -2.13. The lowest BCUT2D eigenvalue weighted by atomic mass is 10.1. The second-order valence-electron chi connectivity index (χ2n) is 5.17. The minimum absolute atomic E-state index is 0.152. The van der Waals surface area contributed by atoms with Crippen LogP contribution < -0.4 is 5.32 Å². The number of rotatable bonds is 4. The fourth-order valence-corrected chi connectivity index (χ4v) is 2.32. The molecule has 0 saturated heterocycles. The van der Waals surface area contributed by atoms with Crippen molar-refractivity contribution < 1.29 is 19.2 Å². The minimum atomic E-state index is -1.02. The first-order chi connectivity index (χ1) is 11.6. The lowest BCUT2D eigenvalue weighted by molar-refractivity contribution is 0.0696. The number of nitrogens with one attached hydrogen (secondary N) is 1. The van der Waals surface area contributed by atoms with E-state index in [-0.39, 0.29) is 11.5 Å². The van der Waals surface area contributed by atoms with Crippen LogP contribution in [-0.2, 0) is 0 Å². The van der Waals surface area contributed by atoms with Crippen molar-refractivity contribution in [1.82, 2.24) is 5.16 Å². The van der Waals surface area contributed by atoms with E-state index in [2.05, 4.69) is 10.5 Å². The SMILES string of the molecule is Cc1onc(-c2ccccc2)c1C(=O)Nc1ccc(C(=O)O)cc1. The van der Waals surface area contributed by atoms with Crippen molar-refractivity contribution in [2.45, 2.75) is 6.92 Å². The van der Waals surface area contributed by atoms with Gasteiger partial charge in [-0.2, -0.15) is 0 Å². The molecule has 0 aliphatic carbocycles. The second-order valence-corrected chi connectivity index (χ2v) is 5.17. The Bertz CT molecular complexity index is 883. The maximum Gasteiger partial charge on any atom is 0.335 e. The van der Waals surface area contributed by atoms with Crippen molar-refractivity contribution in [3.63, 3.8) is 0 Å². The smallest absolute Gasteiger partial charge is 0.335 e. The predicted octanol–water partition coefficient (Wildman–Crippen LogP) is 3.60. The number of nitrogens with zero attached hydrogens (tertiary/aromatic N) is 1. The Labute approximate surface area is 137 Å². The van der Waals surface area contributed by atoms with Crippen LogP contribution in [0.1, 0.15) is 26.5 Å². The Kier molecular flexibility index (Phi) is 4.11. The van der Waals surface area contributed by atoms with E-state index >= 15 is 0 Å². The molecular formula is C18H14N2O4. The van der Waals surface area contributed by atoms with Crippen molar-refractivity contribution >= 4 is 17.6 Å². The number of benzene rings is 2. The normalized spacial score (nSPS) is 10.4. The number of carbonyl (C=O) groups is 2. The zero-order valence-corrected chi connectivity index (χ0v) is 12.8. The molecule has 0 aliphatic heterocycles. The predicted molar refractivity (Wildman–Crippen MR) is 88.0 cm³/mol. The first-order valence-electron chi connectivity index (χ1n) is 7.22. The van der Waals surface area contributed by atoms with Gasteiger partial charge in [-0.15, -0.1) is 0 Å². The van der Waals surface area contributed by atoms with Gasteiger partial charge < -0.3 is 14.9 Å². The molecule has 3 rings (SSSR count). The molecule has 0 fully saturated rings. The molecule has 0 radical (unpaired) electrons. The zero-order chi connectivity index (χ0) is 17.1. The molecule has 1 amide bonds. The standard InChI is InChI=1S/C18H14N2O4/c1-11-15(16(20-24-11)12-5-3-2-4-6-12)17(21)19-14-9-7-13(8-10-14)18(22)23/h2-10H,1H3,(H,19,21)(H,22,23). The summed E-state index contributed by atoms with van der Waals surface area (Å²) in [5.41, 5.74) is 2.24. The van der Waals surface area contributed by atoms with Crippen LogP contribution in [0.15, 0.2) is 59.1 Å². The van der Waals surface area contributed by atoms with Gasteiger partial charge in [-0.1, -0.05) is 35.5 Å². The molecule has 0 bridgehead atoms. The maximum absolute atomic E-state index is 12.6. The highest BCUT2D eigenvalue weighted by Gasteiger charge is 2.21. The van der Waals surface area contributed by atoms with Crippen molar-refractivity contribution in [2.75, 3.05) is 5.32 Å². The first kappa shape index (κ1) is 15.5. The van der Waals surface area contributed by atoms with E-state index in [1.54, 1.807) is 6.92 Å². The number of amides is 1. The molecule has 0 spiro atoms. The number of aromatic carboxylic acids is 1. The van der Waals surface area contributed by atoms with Crippen LogP contribution in [0.2, 0.25) is 0 Å². The van der Waals surface area contributed by atoms with Gasteiger partial charge in [0.05, 0.1) is 5.56 Å². The number of carbonyl (C=O) groups excluding carboxylic acids is 1. The van der Waals surface area contributed by atoms with Crippen LogP contribution in [-0.4, -0.2) is 22.1 Å². The van der Waals surface area contributed by atoms with Crippen LogP contribution in [0.4, 0.5) is 5.69 Å². The number of anilines is 1. The first-order valence-corrected chi connectivity index (χ1v) is 7.22. The minimum Gasteiger partial charge on any atom is -0.478 e. The Morgan fingerprint density at radius 2 is 1.71 bits per heavy atom. The van der Waals surface area contributed by atoms with Gasteiger partial charge in [-0.3, -0.25) is 4.79 Å². The topological polar surface area (TPSA) is 92.4 Å². The summed E-state index contributed by atoms with van der Waals surface area (Å²) in [5, 5.41) is 15.6. The fraction of sp³-hybridized carbons (Fsp3) is 0.0556. The van der Waals surface area contributed by atoms with Crippen molar-refractivity contribution in [1.29, 1.82) is 0 Å². The number of carboxylic acid groups (broad SMARTS) is 1. The van der Waals surface area contributed by atoms with Gasteiger partial charge in [-0.25, -0.2) is 4.79 Å². The van der Waals surface area contributed by atoms with Gasteiger partial charge in [0, 0.05) is 11.3 Å². The molecule has 1 aromatic heterocycles. The van der Waals surface area contributed by atoms with Gasteiger partial charge in [0.1, 0.15) is 17.0 Å². The van der Waals surface area contributed by atoms with Gasteiger partial charge in [0.2, 0.25) is 0 Å². The molecule has 6 heteroatoms. The molecule has 0 atom stereocenters. The summed E-state index contributed by atoms with van der Waals surface area (Å²) >= 11 is 0. The highest BCUT2D eigenvalue weighted by molar-refractivity contribution is 6.08. The van der Waals surface area contributed by atoms with E-state index in [1.807, 2.05) is 30.3 Å². The van der Waals surface area contributed by atoms with E-state index in [4.69, 9.17) is 9.63 Å². The highest BCUT2D eigenvalue weighted by Crippen LogP contribution is 2.26. The van der Waals surface area contributed by atoms with E-state index in [0.29, 0.717) is 22.7 Å². The monoisotopic (exact) mass is 322 g/mol. The molecule has 6 nitrogen and oxygen atoms in total. The Balaban J connectivity index is 1.88. The van der Waals surface area contributed by atoms with E-state index in [9.17, 15) is 9.59 Å². The summed E-state index contributed by atoms with van der Waals surface area (Å²) in [7, 11) is 0. The second kappa shape index (κ2) is 6.37. The number of carboxylic acids is 1. The van der Waals surface area contributed by atoms with Crippen LogP contribution in [0, 0.1) is 6.92 Å². The molecule has 0 aliphatic rings. The number of aryl methyl sites for hydroxylation is 1. The summed E-state index contributed by atoms with van der Waals surface area (Å²) in [6.07, 6.45) is 0. The van der Waals surface area contributed by atoms with Crippen molar-refractivity contribution in [3.8, 4) is 11.3 Å². The summed E-state index contributed by atoms with van der Waals surface area (Å²) in [5.74, 6) is -0.974. The molecule has 24 heavy (non-hydrogen) atoms. The largest absolute Gasteiger partial charge is 0.478 e. The zero-order valence-electron chi connectivity index (χ0n) is 12.8. The van der Waals surface area contributed by atoms with E-state index in [0.717, 1.165) is 5.56 Å². The molecule has 2 aromatic carbocycles. The third-order valence-corrected chi connectivity index (χ3v) is 3.53. The summed E-state index contributed by atoms with van der Waals surface area (Å²) in [6.45, 7) is 1.67. The Morgan fingerprint density at radius 1 is 1.04 bits per heavy atom. The Hall–Kier alpha value is -3.41. The number of aromatic nitrogens is 1. The quantitative estimate of drug-likeness (QED) is 0.765. The number of hydrogen-bond donors (Lipinski definition) is 2. The maximum atomic E-state index is 12.6. The van der Waals surface area contributed by atoms with Gasteiger partial charge >= 0.3 is 5.97 Å². The third-order valence-electron chi connectivity index (χ3n) is 3.53.